The van der Waals surface area contributed by atoms with Crippen LogP contribution in [0.3, 0.4) is 0 Å². The first kappa shape index (κ1) is 12.1. The lowest BCUT2D eigenvalue weighted by atomic mass is 10.3. The van der Waals surface area contributed by atoms with Crippen LogP contribution < -0.4 is 5.32 Å². The van der Waals surface area contributed by atoms with Crippen molar-refractivity contribution in [3.8, 4) is 0 Å². The smallest absolute Gasteiger partial charge is 0.0961 e. The van der Waals surface area contributed by atoms with Gasteiger partial charge in [0, 0.05) is 22.3 Å². The summed E-state index contributed by atoms with van der Waals surface area (Å²) in [5.74, 6) is 0. The van der Waals surface area contributed by atoms with Crippen molar-refractivity contribution in [1.82, 2.24) is 14.9 Å². The molecule has 1 saturated carbocycles. The number of nitrogens with zero attached hydrogens (tertiary/aromatic N) is 2. The Balaban J connectivity index is 1.50. The molecule has 2 heterocycles. The summed E-state index contributed by atoms with van der Waals surface area (Å²) < 4.78 is 2.22. The van der Waals surface area contributed by atoms with Crippen molar-refractivity contribution >= 4 is 22.4 Å². The van der Waals surface area contributed by atoms with Crippen LogP contribution >= 0.6 is 11.3 Å². The fraction of sp³-hybridized carbons (Fsp3) is 0.312. The zero-order valence-corrected chi connectivity index (χ0v) is 12.1. The van der Waals surface area contributed by atoms with Gasteiger partial charge < -0.3 is 9.88 Å². The third kappa shape index (κ3) is 2.49. The third-order valence-electron chi connectivity index (χ3n) is 3.71. The van der Waals surface area contributed by atoms with Gasteiger partial charge in [-0.1, -0.05) is 12.1 Å². The van der Waals surface area contributed by atoms with Crippen LogP contribution in [0, 0.1) is 0 Å². The van der Waals surface area contributed by atoms with Gasteiger partial charge in [0.15, 0.2) is 0 Å². The van der Waals surface area contributed by atoms with Crippen molar-refractivity contribution in [3.05, 3.63) is 52.5 Å². The SMILES string of the molecule is c1ccc2c(c1)ncn2Cc1ccc(CNC2CC2)s1. The van der Waals surface area contributed by atoms with E-state index < -0.39 is 0 Å². The van der Waals surface area contributed by atoms with Crippen LogP contribution in [-0.2, 0) is 13.1 Å². The van der Waals surface area contributed by atoms with Gasteiger partial charge in [0.05, 0.1) is 23.9 Å². The molecule has 1 aromatic carbocycles. The second kappa shape index (κ2) is 5.04. The topological polar surface area (TPSA) is 29.9 Å². The quantitative estimate of drug-likeness (QED) is 0.778. The molecule has 4 rings (SSSR count). The van der Waals surface area contributed by atoms with E-state index in [0.717, 1.165) is 24.6 Å². The van der Waals surface area contributed by atoms with E-state index in [1.807, 2.05) is 23.7 Å². The summed E-state index contributed by atoms with van der Waals surface area (Å²) in [5, 5.41) is 3.57. The number of benzene rings is 1. The van der Waals surface area contributed by atoms with Crippen LogP contribution in [0.4, 0.5) is 0 Å². The molecule has 0 unspecified atom stereocenters. The molecule has 1 aliphatic carbocycles. The zero-order chi connectivity index (χ0) is 13.4. The summed E-state index contributed by atoms with van der Waals surface area (Å²) in [4.78, 5) is 7.26. The van der Waals surface area contributed by atoms with Gasteiger partial charge in [0.25, 0.3) is 0 Å². The molecule has 0 aliphatic heterocycles. The molecule has 3 aromatic rings. The summed E-state index contributed by atoms with van der Waals surface area (Å²) in [6.07, 6.45) is 4.63. The molecule has 102 valence electrons. The summed E-state index contributed by atoms with van der Waals surface area (Å²) in [6, 6.07) is 13.6. The highest BCUT2D eigenvalue weighted by Gasteiger charge is 2.20. The molecule has 1 N–H and O–H groups in total. The molecule has 20 heavy (non-hydrogen) atoms. The van der Waals surface area contributed by atoms with Gasteiger partial charge in [-0.3, -0.25) is 0 Å². The van der Waals surface area contributed by atoms with E-state index >= 15 is 0 Å². The molecule has 0 amide bonds. The van der Waals surface area contributed by atoms with Crippen LogP contribution in [0.1, 0.15) is 22.6 Å². The molecular weight excluding hydrogens is 266 g/mol. The van der Waals surface area contributed by atoms with Gasteiger partial charge in [0.2, 0.25) is 0 Å². The van der Waals surface area contributed by atoms with E-state index in [0.29, 0.717) is 0 Å². The molecule has 0 bridgehead atoms. The van der Waals surface area contributed by atoms with E-state index in [1.165, 1.54) is 28.1 Å². The number of fused-ring (bicyclic) bond motifs is 1. The molecular formula is C16H17N3S. The van der Waals surface area contributed by atoms with Crippen molar-refractivity contribution in [3.63, 3.8) is 0 Å². The summed E-state index contributed by atoms with van der Waals surface area (Å²) >= 11 is 1.90. The minimum absolute atomic E-state index is 0.776. The highest BCUT2D eigenvalue weighted by atomic mass is 32.1. The van der Waals surface area contributed by atoms with Crippen LogP contribution in [-0.4, -0.2) is 15.6 Å². The highest BCUT2D eigenvalue weighted by molar-refractivity contribution is 7.11. The number of hydrogen-bond donors (Lipinski definition) is 1. The highest BCUT2D eigenvalue weighted by Crippen LogP contribution is 2.23. The first-order valence-electron chi connectivity index (χ1n) is 7.09. The van der Waals surface area contributed by atoms with Gasteiger partial charge in [-0.2, -0.15) is 0 Å². The van der Waals surface area contributed by atoms with Crippen molar-refractivity contribution in [1.29, 1.82) is 0 Å². The van der Waals surface area contributed by atoms with Crippen molar-refractivity contribution in [2.45, 2.75) is 32.0 Å². The monoisotopic (exact) mass is 283 g/mol. The van der Waals surface area contributed by atoms with Crippen molar-refractivity contribution < 1.29 is 0 Å². The number of hydrogen-bond acceptors (Lipinski definition) is 3. The fourth-order valence-electron chi connectivity index (χ4n) is 2.44. The first-order valence-corrected chi connectivity index (χ1v) is 7.91. The number of aromatic nitrogens is 2. The van der Waals surface area contributed by atoms with Crippen LogP contribution in [0.5, 0.6) is 0 Å². The molecule has 3 nitrogen and oxygen atoms in total. The molecule has 1 aliphatic rings. The average molecular weight is 283 g/mol. The van der Waals surface area contributed by atoms with Crippen LogP contribution in [0.25, 0.3) is 11.0 Å². The molecule has 0 spiro atoms. The average Bonchev–Trinajstić information content (AvgIpc) is 3.06. The van der Waals surface area contributed by atoms with Crippen molar-refractivity contribution in [2.75, 3.05) is 0 Å². The standard InChI is InChI=1S/C16H17N3S/c1-2-4-16-15(3-1)18-11-19(16)10-14-8-7-13(20-14)9-17-12-5-6-12/h1-4,7-8,11-12,17H,5-6,9-10H2. The molecule has 0 atom stereocenters. The molecule has 1 fully saturated rings. The van der Waals surface area contributed by atoms with E-state index in [4.69, 9.17) is 0 Å². The number of thiophene rings is 1. The van der Waals surface area contributed by atoms with Gasteiger partial charge in [-0.25, -0.2) is 4.98 Å². The van der Waals surface area contributed by atoms with Crippen LogP contribution in [0.15, 0.2) is 42.7 Å². The Hall–Kier alpha value is -1.65. The largest absolute Gasteiger partial charge is 0.325 e. The molecule has 0 radical (unpaired) electrons. The third-order valence-corrected chi connectivity index (χ3v) is 4.78. The molecule has 0 saturated heterocycles. The van der Waals surface area contributed by atoms with Gasteiger partial charge >= 0.3 is 0 Å². The summed E-state index contributed by atoms with van der Waals surface area (Å²) in [6.45, 7) is 1.93. The van der Waals surface area contributed by atoms with Gasteiger partial charge in [-0.15, -0.1) is 11.3 Å². The maximum atomic E-state index is 4.44. The maximum absolute atomic E-state index is 4.44. The number of para-hydroxylation sites is 2. The van der Waals surface area contributed by atoms with Gasteiger partial charge in [0.1, 0.15) is 0 Å². The van der Waals surface area contributed by atoms with E-state index in [-0.39, 0.29) is 0 Å². The fourth-order valence-corrected chi connectivity index (χ4v) is 3.41. The predicted octanol–water partition coefficient (Wildman–Crippen LogP) is 3.40. The second-order valence-corrected chi connectivity index (χ2v) is 6.64. The molecule has 4 heteroatoms. The number of imidazole rings is 1. The Kier molecular flexibility index (Phi) is 3.05. The normalized spacial score (nSPS) is 15.0. The predicted molar refractivity (Wildman–Crippen MR) is 83.0 cm³/mol. The minimum Gasteiger partial charge on any atom is -0.325 e. The Bertz CT molecular complexity index is 724. The Morgan fingerprint density at radius 2 is 2.00 bits per heavy atom. The number of rotatable bonds is 5. The molecule has 2 aromatic heterocycles. The Labute approximate surface area is 122 Å². The lowest BCUT2D eigenvalue weighted by Gasteiger charge is -2.02. The van der Waals surface area contributed by atoms with E-state index in [9.17, 15) is 0 Å². The second-order valence-electron chi connectivity index (χ2n) is 5.38. The summed E-state index contributed by atoms with van der Waals surface area (Å²) in [7, 11) is 0. The van der Waals surface area contributed by atoms with Crippen molar-refractivity contribution in [2.24, 2.45) is 0 Å². The zero-order valence-electron chi connectivity index (χ0n) is 11.2. The van der Waals surface area contributed by atoms with E-state index in [2.05, 4.69) is 45.2 Å². The Morgan fingerprint density at radius 3 is 2.90 bits per heavy atom. The van der Waals surface area contributed by atoms with E-state index in [1.54, 1.807) is 0 Å². The number of nitrogens with one attached hydrogen (secondary N) is 1. The maximum Gasteiger partial charge on any atom is 0.0961 e. The Morgan fingerprint density at radius 1 is 1.15 bits per heavy atom. The van der Waals surface area contributed by atoms with Gasteiger partial charge in [-0.05, 0) is 37.1 Å². The lowest BCUT2D eigenvalue weighted by molar-refractivity contribution is 0.695. The van der Waals surface area contributed by atoms with Crippen LogP contribution in [0.2, 0.25) is 0 Å². The summed E-state index contributed by atoms with van der Waals surface area (Å²) in [5.41, 5.74) is 2.28. The first-order chi connectivity index (χ1) is 9.88. The minimum atomic E-state index is 0.776. The lowest BCUT2D eigenvalue weighted by Crippen LogP contribution is -2.14.